The second-order valence-corrected chi connectivity index (χ2v) is 7.96. The molecule has 1 atom stereocenters. The molecule has 0 aliphatic heterocycles. The van der Waals surface area contributed by atoms with Crippen LogP contribution in [0.4, 0.5) is 0 Å². The maximum absolute atomic E-state index is 13.2. The molecule has 4 rings (SSSR count). The first-order valence-corrected chi connectivity index (χ1v) is 10.6. The molecule has 5 heteroatoms. The highest BCUT2D eigenvalue weighted by Gasteiger charge is 2.26. The van der Waals surface area contributed by atoms with Crippen molar-refractivity contribution in [3.05, 3.63) is 95.2 Å². The smallest absolute Gasteiger partial charge is 0.261 e. The SMILES string of the molecule is COc1ccc(C(c2c[nH]c3ccccc23)N(C)C(=O)COc2cccc(C)c2C)cc1. The molecule has 1 aromatic heterocycles. The Labute approximate surface area is 188 Å². The molecule has 0 saturated carbocycles. The average Bonchev–Trinajstić information content (AvgIpc) is 3.24. The van der Waals surface area contributed by atoms with Gasteiger partial charge >= 0.3 is 0 Å². The van der Waals surface area contributed by atoms with E-state index in [2.05, 4.69) is 11.1 Å². The van der Waals surface area contributed by atoms with Gasteiger partial charge in [-0.05, 0) is 54.8 Å². The van der Waals surface area contributed by atoms with E-state index in [0.717, 1.165) is 44.7 Å². The van der Waals surface area contributed by atoms with Crippen LogP contribution in [0.3, 0.4) is 0 Å². The molecular weight excluding hydrogens is 400 g/mol. The zero-order valence-electron chi connectivity index (χ0n) is 18.9. The molecule has 0 aliphatic carbocycles. The van der Waals surface area contributed by atoms with Crippen LogP contribution < -0.4 is 9.47 Å². The molecule has 0 bridgehead atoms. The maximum Gasteiger partial charge on any atom is 0.261 e. The number of aromatic nitrogens is 1. The zero-order chi connectivity index (χ0) is 22.7. The molecule has 4 aromatic rings. The van der Waals surface area contributed by atoms with Gasteiger partial charge in [-0.25, -0.2) is 0 Å². The number of nitrogens with zero attached hydrogens (tertiary/aromatic N) is 1. The molecule has 0 radical (unpaired) electrons. The van der Waals surface area contributed by atoms with Gasteiger partial charge < -0.3 is 19.4 Å². The second kappa shape index (κ2) is 9.18. The Kier molecular flexibility index (Phi) is 6.17. The van der Waals surface area contributed by atoms with Crippen molar-refractivity contribution in [3.8, 4) is 11.5 Å². The van der Waals surface area contributed by atoms with Crippen LogP contribution in [0.1, 0.15) is 28.3 Å². The van der Waals surface area contributed by atoms with Crippen LogP contribution in [-0.4, -0.2) is 36.6 Å². The van der Waals surface area contributed by atoms with E-state index in [1.54, 1.807) is 12.0 Å². The van der Waals surface area contributed by atoms with E-state index in [4.69, 9.17) is 9.47 Å². The number of methoxy groups -OCH3 is 1. The fraction of sp³-hybridized carbons (Fsp3) is 0.222. The molecule has 5 nitrogen and oxygen atoms in total. The number of amides is 1. The lowest BCUT2D eigenvalue weighted by atomic mass is 9.96. The Balaban J connectivity index is 1.65. The molecule has 0 aliphatic rings. The van der Waals surface area contributed by atoms with Crippen molar-refractivity contribution < 1.29 is 14.3 Å². The third kappa shape index (κ3) is 4.19. The summed E-state index contributed by atoms with van der Waals surface area (Å²) in [5.74, 6) is 1.41. The van der Waals surface area contributed by atoms with Gasteiger partial charge in [0, 0.05) is 29.7 Å². The molecule has 3 aromatic carbocycles. The van der Waals surface area contributed by atoms with Gasteiger partial charge in [0.15, 0.2) is 6.61 Å². The third-order valence-corrected chi connectivity index (χ3v) is 6.03. The van der Waals surface area contributed by atoms with Gasteiger partial charge in [0.25, 0.3) is 5.91 Å². The first-order chi connectivity index (χ1) is 15.5. The van der Waals surface area contributed by atoms with Gasteiger partial charge in [0.05, 0.1) is 13.2 Å². The lowest BCUT2D eigenvalue weighted by Gasteiger charge is -2.29. The minimum atomic E-state index is -0.272. The lowest BCUT2D eigenvalue weighted by molar-refractivity contribution is -0.133. The summed E-state index contributed by atoms with van der Waals surface area (Å²) in [6.07, 6.45) is 1.98. The fourth-order valence-corrected chi connectivity index (χ4v) is 3.98. The summed E-state index contributed by atoms with van der Waals surface area (Å²) in [4.78, 5) is 18.3. The van der Waals surface area contributed by atoms with Crippen LogP contribution in [0.2, 0.25) is 0 Å². The number of nitrogens with one attached hydrogen (secondary N) is 1. The quantitative estimate of drug-likeness (QED) is 0.428. The van der Waals surface area contributed by atoms with Crippen LogP contribution in [0, 0.1) is 13.8 Å². The summed E-state index contributed by atoms with van der Waals surface area (Å²) in [5, 5.41) is 1.09. The summed E-state index contributed by atoms with van der Waals surface area (Å²) in [5.41, 5.74) is 5.25. The Morgan fingerprint density at radius 1 is 1.00 bits per heavy atom. The topological polar surface area (TPSA) is 54.6 Å². The highest BCUT2D eigenvalue weighted by atomic mass is 16.5. The van der Waals surface area contributed by atoms with Gasteiger partial charge in [-0.1, -0.05) is 42.5 Å². The Morgan fingerprint density at radius 3 is 2.50 bits per heavy atom. The summed E-state index contributed by atoms with van der Waals surface area (Å²) in [7, 11) is 3.47. The van der Waals surface area contributed by atoms with Crippen molar-refractivity contribution in [2.45, 2.75) is 19.9 Å². The number of rotatable bonds is 7. The number of hydrogen-bond acceptors (Lipinski definition) is 3. The minimum absolute atomic E-state index is 0.0319. The van der Waals surface area contributed by atoms with Crippen molar-refractivity contribution in [2.75, 3.05) is 20.8 Å². The summed E-state index contributed by atoms with van der Waals surface area (Å²) in [6, 6.07) is 21.6. The van der Waals surface area contributed by atoms with Crippen LogP contribution in [0.5, 0.6) is 11.5 Å². The monoisotopic (exact) mass is 428 g/mol. The number of aromatic amines is 1. The van der Waals surface area contributed by atoms with Crippen molar-refractivity contribution >= 4 is 16.8 Å². The van der Waals surface area contributed by atoms with E-state index < -0.39 is 0 Å². The Bertz CT molecular complexity index is 1230. The molecule has 1 heterocycles. The fourth-order valence-electron chi connectivity index (χ4n) is 3.98. The normalized spacial score (nSPS) is 11.9. The first-order valence-electron chi connectivity index (χ1n) is 10.6. The molecule has 0 saturated heterocycles. The standard InChI is InChI=1S/C27H28N2O3/c1-18-8-7-11-25(19(18)2)32-17-26(30)29(3)27(20-12-14-21(31-4)15-13-20)23-16-28-24-10-6-5-9-22(23)24/h5-16,27-28H,17H2,1-4H3. The molecule has 32 heavy (non-hydrogen) atoms. The van der Waals surface area contributed by atoms with Crippen molar-refractivity contribution in [1.82, 2.24) is 9.88 Å². The Morgan fingerprint density at radius 2 is 1.75 bits per heavy atom. The number of hydrogen-bond donors (Lipinski definition) is 1. The van der Waals surface area contributed by atoms with Gasteiger partial charge in [0.1, 0.15) is 11.5 Å². The number of H-pyrrole nitrogens is 1. The predicted octanol–water partition coefficient (Wildman–Crippen LogP) is 5.42. The van der Waals surface area contributed by atoms with E-state index in [-0.39, 0.29) is 18.6 Å². The second-order valence-electron chi connectivity index (χ2n) is 7.96. The number of carbonyl (C=O) groups is 1. The molecular formula is C27H28N2O3. The molecule has 164 valence electrons. The highest BCUT2D eigenvalue weighted by molar-refractivity contribution is 5.86. The molecule has 1 N–H and O–H groups in total. The van der Waals surface area contributed by atoms with Crippen molar-refractivity contribution in [3.63, 3.8) is 0 Å². The predicted molar refractivity (Wildman–Crippen MR) is 127 cm³/mol. The minimum Gasteiger partial charge on any atom is -0.497 e. The van der Waals surface area contributed by atoms with Crippen LogP contribution in [0.25, 0.3) is 10.9 Å². The van der Waals surface area contributed by atoms with Gasteiger partial charge in [0.2, 0.25) is 0 Å². The number of benzene rings is 3. The van der Waals surface area contributed by atoms with E-state index in [1.165, 1.54) is 0 Å². The zero-order valence-corrected chi connectivity index (χ0v) is 18.9. The first kappa shape index (κ1) is 21.5. The summed E-state index contributed by atoms with van der Waals surface area (Å²) in [6.45, 7) is 4.01. The third-order valence-electron chi connectivity index (χ3n) is 6.03. The highest BCUT2D eigenvalue weighted by Crippen LogP contribution is 2.34. The number of ether oxygens (including phenoxy) is 2. The Hall–Kier alpha value is -3.73. The van der Waals surface area contributed by atoms with Gasteiger partial charge in [-0.3, -0.25) is 4.79 Å². The lowest BCUT2D eigenvalue weighted by Crippen LogP contribution is -2.35. The number of para-hydroxylation sites is 1. The maximum atomic E-state index is 13.2. The van der Waals surface area contributed by atoms with Crippen LogP contribution >= 0.6 is 0 Å². The summed E-state index contributed by atoms with van der Waals surface area (Å²) >= 11 is 0. The number of aryl methyl sites for hydroxylation is 1. The van der Waals surface area contributed by atoms with Gasteiger partial charge in [-0.15, -0.1) is 0 Å². The number of carbonyl (C=O) groups excluding carboxylic acids is 1. The average molecular weight is 429 g/mol. The van der Waals surface area contributed by atoms with E-state index in [1.807, 2.05) is 87.8 Å². The molecule has 1 unspecified atom stereocenters. The van der Waals surface area contributed by atoms with Crippen LogP contribution in [0.15, 0.2) is 72.9 Å². The largest absolute Gasteiger partial charge is 0.497 e. The van der Waals surface area contributed by atoms with E-state index in [0.29, 0.717) is 0 Å². The van der Waals surface area contributed by atoms with Crippen molar-refractivity contribution in [1.29, 1.82) is 0 Å². The van der Waals surface area contributed by atoms with Gasteiger partial charge in [-0.2, -0.15) is 0 Å². The summed E-state index contributed by atoms with van der Waals surface area (Å²) < 4.78 is 11.2. The molecule has 0 fully saturated rings. The number of fused-ring (bicyclic) bond motifs is 1. The number of likely N-dealkylation sites (N-methyl/N-ethyl adjacent to an activating group) is 1. The van der Waals surface area contributed by atoms with Crippen molar-refractivity contribution in [2.24, 2.45) is 0 Å². The van der Waals surface area contributed by atoms with E-state index >= 15 is 0 Å². The van der Waals surface area contributed by atoms with E-state index in [9.17, 15) is 4.79 Å². The van der Waals surface area contributed by atoms with Crippen LogP contribution in [-0.2, 0) is 4.79 Å². The molecule has 1 amide bonds. The molecule has 0 spiro atoms.